The van der Waals surface area contributed by atoms with E-state index in [1.165, 1.54) is 63.4 Å². The Bertz CT molecular complexity index is 292. The normalized spacial score (nSPS) is 28.6. The minimum Gasteiger partial charge on any atom is -0.501 e. The largest absolute Gasteiger partial charge is 0.501 e. The van der Waals surface area contributed by atoms with Gasteiger partial charge in [0.1, 0.15) is 0 Å². The van der Waals surface area contributed by atoms with Gasteiger partial charge in [0.25, 0.3) is 0 Å². The van der Waals surface area contributed by atoms with E-state index in [2.05, 4.69) is 25.4 Å². The van der Waals surface area contributed by atoms with Crippen molar-refractivity contribution in [2.24, 2.45) is 11.8 Å². The van der Waals surface area contributed by atoms with E-state index in [9.17, 15) is 0 Å². The highest BCUT2D eigenvalue weighted by Crippen LogP contribution is 2.36. The quantitative estimate of drug-likeness (QED) is 0.732. The number of rotatable bonds is 7. The fourth-order valence-corrected chi connectivity index (χ4v) is 3.93. The highest BCUT2D eigenvalue weighted by atomic mass is 16.5. The summed E-state index contributed by atoms with van der Waals surface area (Å²) >= 11 is 0. The van der Waals surface area contributed by atoms with Crippen LogP contribution in [0.15, 0.2) is 11.8 Å². The van der Waals surface area contributed by atoms with Gasteiger partial charge >= 0.3 is 0 Å². The van der Waals surface area contributed by atoms with E-state index in [1.54, 1.807) is 0 Å². The summed E-state index contributed by atoms with van der Waals surface area (Å²) in [5.74, 6) is 1.84. The summed E-state index contributed by atoms with van der Waals surface area (Å²) in [6.07, 6.45) is 14.2. The molecule has 1 fully saturated rings. The smallest absolute Gasteiger partial charge is 0.0876 e. The van der Waals surface area contributed by atoms with E-state index in [0.717, 1.165) is 25.0 Å². The lowest BCUT2D eigenvalue weighted by Crippen LogP contribution is -2.40. The van der Waals surface area contributed by atoms with Crippen molar-refractivity contribution in [3.8, 4) is 0 Å². The van der Waals surface area contributed by atoms with Crippen LogP contribution in [-0.2, 0) is 4.74 Å². The number of hydrogen-bond donors (Lipinski definition) is 1. The maximum atomic E-state index is 5.59. The fourth-order valence-electron chi connectivity index (χ4n) is 3.93. The molecule has 1 saturated carbocycles. The Kier molecular flexibility index (Phi) is 6.92. The highest BCUT2D eigenvalue weighted by molar-refractivity contribution is 5.12. The van der Waals surface area contributed by atoms with E-state index >= 15 is 0 Å². The van der Waals surface area contributed by atoms with Crippen LogP contribution >= 0.6 is 0 Å². The molecule has 0 bridgehead atoms. The molecule has 1 heterocycles. The first-order valence-corrected chi connectivity index (χ1v) is 8.89. The first-order chi connectivity index (χ1) is 9.85. The lowest BCUT2D eigenvalue weighted by Gasteiger charge is -2.36. The second-order valence-electron chi connectivity index (χ2n) is 6.67. The summed E-state index contributed by atoms with van der Waals surface area (Å²) in [4.78, 5) is 0. The Morgan fingerprint density at radius 2 is 2.00 bits per heavy atom. The van der Waals surface area contributed by atoms with Gasteiger partial charge in [0.2, 0.25) is 0 Å². The van der Waals surface area contributed by atoms with Gasteiger partial charge in [-0.1, -0.05) is 39.5 Å². The van der Waals surface area contributed by atoms with Crippen molar-refractivity contribution in [1.29, 1.82) is 0 Å². The summed E-state index contributed by atoms with van der Waals surface area (Å²) in [6.45, 7) is 6.62. The van der Waals surface area contributed by atoms with E-state index in [-0.39, 0.29) is 0 Å². The predicted octanol–water partition coefficient (Wildman–Crippen LogP) is 4.66. The lowest BCUT2D eigenvalue weighted by molar-refractivity contribution is 0.194. The summed E-state index contributed by atoms with van der Waals surface area (Å²) < 4.78 is 5.59. The summed E-state index contributed by atoms with van der Waals surface area (Å²) in [7, 11) is 0. The van der Waals surface area contributed by atoms with E-state index in [0.29, 0.717) is 6.04 Å². The standard InChI is InChI=1S/C18H33NO/c1-3-6-15-8-10-16(11-9-15)18(19-12-4-2)17-7-5-13-20-14-17/h14-16,18-19H,3-13H2,1-2H3. The zero-order valence-corrected chi connectivity index (χ0v) is 13.5. The van der Waals surface area contributed by atoms with Crippen molar-refractivity contribution in [2.45, 2.75) is 77.7 Å². The zero-order chi connectivity index (χ0) is 14.2. The number of hydrogen-bond acceptors (Lipinski definition) is 2. The molecule has 1 unspecified atom stereocenters. The van der Waals surface area contributed by atoms with Crippen molar-refractivity contribution >= 4 is 0 Å². The average molecular weight is 279 g/mol. The molecule has 116 valence electrons. The number of nitrogens with one attached hydrogen (secondary N) is 1. The van der Waals surface area contributed by atoms with Gasteiger partial charge in [0, 0.05) is 6.04 Å². The van der Waals surface area contributed by atoms with Crippen molar-refractivity contribution in [3.63, 3.8) is 0 Å². The molecule has 2 rings (SSSR count). The first-order valence-electron chi connectivity index (χ1n) is 8.89. The SMILES string of the molecule is CCCNC(C1=COCCC1)C1CCC(CCC)CC1. The molecule has 0 radical (unpaired) electrons. The molecule has 0 aromatic heterocycles. The second-order valence-corrected chi connectivity index (χ2v) is 6.67. The Balaban J connectivity index is 1.91. The fraction of sp³-hybridized carbons (Fsp3) is 0.889. The molecule has 2 nitrogen and oxygen atoms in total. The maximum Gasteiger partial charge on any atom is 0.0876 e. The van der Waals surface area contributed by atoms with E-state index in [1.807, 2.05) is 0 Å². The van der Waals surface area contributed by atoms with Gasteiger partial charge in [-0.15, -0.1) is 0 Å². The van der Waals surface area contributed by atoms with E-state index < -0.39 is 0 Å². The average Bonchev–Trinajstić information content (AvgIpc) is 2.51. The molecule has 1 N–H and O–H groups in total. The van der Waals surface area contributed by atoms with Gasteiger partial charge in [-0.05, 0) is 56.1 Å². The summed E-state index contributed by atoms with van der Waals surface area (Å²) in [5.41, 5.74) is 1.53. The Morgan fingerprint density at radius 1 is 1.20 bits per heavy atom. The molecule has 0 spiro atoms. The zero-order valence-electron chi connectivity index (χ0n) is 13.5. The third-order valence-electron chi connectivity index (χ3n) is 5.04. The third-order valence-corrected chi connectivity index (χ3v) is 5.04. The maximum absolute atomic E-state index is 5.59. The molecule has 0 saturated heterocycles. The third kappa shape index (κ3) is 4.51. The minimum atomic E-state index is 0.581. The predicted molar refractivity (Wildman–Crippen MR) is 85.7 cm³/mol. The Hall–Kier alpha value is -0.500. The van der Waals surface area contributed by atoms with Crippen molar-refractivity contribution < 1.29 is 4.74 Å². The van der Waals surface area contributed by atoms with Gasteiger partial charge in [-0.2, -0.15) is 0 Å². The molecule has 1 aliphatic heterocycles. The summed E-state index contributed by atoms with van der Waals surface area (Å²) in [6, 6.07) is 0.581. The van der Waals surface area contributed by atoms with Crippen LogP contribution in [0.4, 0.5) is 0 Å². The van der Waals surface area contributed by atoms with Gasteiger partial charge in [-0.25, -0.2) is 0 Å². The topological polar surface area (TPSA) is 21.3 Å². The van der Waals surface area contributed by atoms with Crippen LogP contribution in [0.5, 0.6) is 0 Å². The molecule has 0 amide bonds. The molecular weight excluding hydrogens is 246 g/mol. The van der Waals surface area contributed by atoms with Crippen LogP contribution in [0, 0.1) is 11.8 Å². The van der Waals surface area contributed by atoms with Gasteiger partial charge in [0.05, 0.1) is 12.9 Å². The van der Waals surface area contributed by atoms with Crippen LogP contribution in [0.3, 0.4) is 0 Å². The van der Waals surface area contributed by atoms with Crippen molar-refractivity contribution in [2.75, 3.05) is 13.2 Å². The highest BCUT2D eigenvalue weighted by Gasteiger charge is 2.29. The van der Waals surface area contributed by atoms with Gasteiger partial charge in [0.15, 0.2) is 0 Å². The molecule has 20 heavy (non-hydrogen) atoms. The molecule has 0 aromatic rings. The van der Waals surface area contributed by atoms with Crippen molar-refractivity contribution in [3.05, 3.63) is 11.8 Å². The van der Waals surface area contributed by atoms with Crippen LogP contribution in [0.25, 0.3) is 0 Å². The Labute approximate surface area is 125 Å². The number of ether oxygens (including phenoxy) is 1. The second kappa shape index (κ2) is 8.71. The molecule has 1 atom stereocenters. The van der Waals surface area contributed by atoms with Crippen LogP contribution in [0.1, 0.15) is 71.6 Å². The minimum absolute atomic E-state index is 0.581. The molecule has 2 aliphatic rings. The van der Waals surface area contributed by atoms with Crippen LogP contribution < -0.4 is 5.32 Å². The molecular formula is C18H33NO. The van der Waals surface area contributed by atoms with Crippen LogP contribution in [0.2, 0.25) is 0 Å². The molecule has 0 aromatic carbocycles. The van der Waals surface area contributed by atoms with Crippen molar-refractivity contribution in [1.82, 2.24) is 5.32 Å². The van der Waals surface area contributed by atoms with Gasteiger partial charge < -0.3 is 10.1 Å². The van der Waals surface area contributed by atoms with Crippen LogP contribution in [-0.4, -0.2) is 19.2 Å². The lowest BCUT2D eigenvalue weighted by atomic mass is 9.75. The molecule has 2 heteroatoms. The first kappa shape index (κ1) is 15.9. The van der Waals surface area contributed by atoms with Gasteiger partial charge in [-0.3, -0.25) is 0 Å². The molecule has 1 aliphatic carbocycles. The summed E-state index contributed by atoms with van der Waals surface area (Å²) in [5, 5.41) is 3.81. The Morgan fingerprint density at radius 3 is 2.60 bits per heavy atom. The van der Waals surface area contributed by atoms with E-state index in [4.69, 9.17) is 4.74 Å². The monoisotopic (exact) mass is 279 g/mol.